The topological polar surface area (TPSA) is 43.8 Å². The number of nitrogens with zero attached hydrogens (tertiary/aromatic N) is 2. The summed E-state index contributed by atoms with van der Waals surface area (Å²) in [6.07, 6.45) is 10.3. The van der Waals surface area contributed by atoms with Gasteiger partial charge in [-0.2, -0.15) is 0 Å². The molecule has 24 heavy (non-hydrogen) atoms. The molecule has 0 amide bonds. The molecular formula is C18H29Cl2N3S. The van der Waals surface area contributed by atoms with Crippen LogP contribution in [0, 0.1) is 11.8 Å². The summed E-state index contributed by atoms with van der Waals surface area (Å²) < 4.78 is 2.40. The first-order valence-corrected chi connectivity index (χ1v) is 9.31. The van der Waals surface area contributed by atoms with Crippen LogP contribution in [0.4, 0.5) is 0 Å². The second-order valence-electron chi connectivity index (χ2n) is 6.94. The van der Waals surface area contributed by atoms with Crippen LogP contribution in [0.2, 0.25) is 0 Å². The van der Waals surface area contributed by atoms with Crippen LogP contribution >= 0.6 is 36.2 Å². The van der Waals surface area contributed by atoms with Crippen LogP contribution in [-0.4, -0.2) is 16.1 Å². The molecule has 0 spiro atoms. The molecule has 2 aromatic rings. The van der Waals surface area contributed by atoms with Crippen molar-refractivity contribution < 1.29 is 0 Å². The first-order valence-electron chi connectivity index (χ1n) is 8.49. The maximum absolute atomic E-state index is 5.89. The molecule has 2 heterocycles. The first-order chi connectivity index (χ1) is 10.7. The second-order valence-corrected chi connectivity index (χ2v) is 8.11. The fourth-order valence-electron chi connectivity index (χ4n) is 3.54. The van der Waals surface area contributed by atoms with Crippen molar-refractivity contribution in [3.05, 3.63) is 29.4 Å². The zero-order chi connectivity index (χ0) is 15.5. The van der Waals surface area contributed by atoms with Gasteiger partial charge in [0.1, 0.15) is 5.82 Å². The molecular weight excluding hydrogens is 361 g/mol. The number of aromatic nitrogens is 2. The van der Waals surface area contributed by atoms with E-state index in [-0.39, 0.29) is 24.8 Å². The molecule has 0 aliphatic heterocycles. The molecule has 1 saturated carbocycles. The predicted octanol–water partition coefficient (Wildman–Crippen LogP) is 5.34. The largest absolute Gasteiger partial charge is 0.330 e. The molecule has 2 N–H and O–H groups in total. The predicted molar refractivity (Wildman–Crippen MR) is 109 cm³/mol. The van der Waals surface area contributed by atoms with Crippen molar-refractivity contribution in [2.45, 2.75) is 52.0 Å². The van der Waals surface area contributed by atoms with Crippen LogP contribution in [0.3, 0.4) is 0 Å². The van der Waals surface area contributed by atoms with Gasteiger partial charge in [-0.05, 0) is 56.2 Å². The lowest BCUT2D eigenvalue weighted by molar-refractivity contribution is 0.273. The van der Waals surface area contributed by atoms with Crippen molar-refractivity contribution in [3.63, 3.8) is 0 Å². The van der Waals surface area contributed by atoms with Gasteiger partial charge in [-0.3, -0.25) is 0 Å². The molecule has 6 heteroatoms. The Morgan fingerprint density at radius 1 is 1.29 bits per heavy atom. The number of imidazole rings is 1. The number of hydrogen-bond donors (Lipinski definition) is 1. The van der Waals surface area contributed by atoms with Crippen LogP contribution in [0.1, 0.15) is 50.4 Å². The van der Waals surface area contributed by atoms with Gasteiger partial charge in [0.15, 0.2) is 0 Å². The van der Waals surface area contributed by atoms with Crippen molar-refractivity contribution in [1.29, 1.82) is 0 Å². The highest BCUT2D eigenvalue weighted by Gasteiger charge is 2.24. The van der Waals surface area contributed by atoms with E-state index >= 15 is 0 Å². The van der Waals surface area contributed by atoms with Gasteiger partial charge in [0.05, 0.1) is 4.88 Å². The zero-order valence-electron chi connectivity index (χ0n) is 14.5. The van der Waals surface area contributed by atoms with Gasteiger partial charge in [0.25, 0.3) is 0 Å². The van der Waals surface area contributed by atoms with E-state index < -0.39 is 0 Å². The van der Waals surface area contributed by atoms with Crippen molar-refractivity contribution in [3.8, 4) is 10.7 Å². The molecule has 2 aromatic heterocycles. The minimum Gasteiger partial charge on any atom is -0.330 e. The van der Waals surface area contributed by atoms with E-state index in [1.54, 1.807) is 0 Å². The zero-order valence-corrected chi connectivity index (χ0v) is 16.9. The summed E-state index contributed by atoms with van der Waals surface area (Å²) in [5.41, 5.74) is 5.89. The summed E-state index contributed by atoms with van der Waals surface area (Å²) in [4.78, 5) is 7.41. The first kappa shape index (κ1) is 21.5. The van der Waals surface area contributed by atoms with E-state index in [1.807, 2.05) is 17.5 Å². The molecule has 0 bridgehead atoms. The molecule has 1 aliphatic carbocycles. The molecule has 136 valence electrons. The van der Waals surface area contributed by atoms with E-state index in [1.165, 1.54) is 35.4 Å². The molecule has 0 unspecified atom stereocenters. The Labute approximate surface area is 161 Å². The highest BCUT2D eigenvalue weighted by molar-refractivity contribution is 7.15. The Morgan fingerprint density at radius 3 is 2.79 bits per heavy atom. The lowest BCUT2D eigenvalue weighted by atomic mass is 9.85. The molecule has 1 aliphatic rings. The molecule has 3 rings (SSSR count). The molecule has 2 atom stereocenters. The van der Waals surface area contributed by atoms with Gasteiger partial charge < -0.3 is 10.3 Å². The minimum absolute atomic E-state index is 0. The second kappa shape index (κ2) is 9.81. The summed E-state index contributed by atoms with van der Waals surface area (Å²) in [6.45, 7) is 5.36. The van der Waals surface area contributed by atoms with E-state index in [4.69, 9.17) is 5.73 Å². The number of halogens is 2. The number of rotatable bonds is 5. The Kier molecular flexibility index (Phi) is 8.78. The average Bonchev–Trinajstić information content (AvgIpc) is 3.15. The highest BCUT2D eigenvalue weighted by atomic mass is 35.5. The van der Waals surface area contributed by atoms with Gasteiger partial charge in [-0.15, -0.1) is 36.2 Å². The fraction of sp³-hybridized carbons (Fsp3) is 0.611. The third kappa shape index (κ3) is 4.98. The molecule has 0 aromatic carbocycles. The molecule has 0 radical (unpaired) electrons. The maximum Gasteiger partial charge on any atom is 0.150 e. The summed E-state index contributed by atoms with van der Waals surface area (Å²) in [7, 11) is 0. The quantitative estimate of drug-likeness (QED) is 0.749. The third-order valence-corrected chi connectivity index (χ3v) is 5.75. The van der Waals surface area contributed by atoms with Gasteiger partial charge >= 0.3 is 0 Å². The standard InChI is InChI=1S/C18H27N3S.2ClH/c1-13(2)10-16-6-7-17(22-16)18-20-8-9-21(18)15-5-3-4-14(11-15)12-19;;/h6-9,13-15H,3-5,10-12,19H2,1-2H3;2*1H/t14-,15+;;/m0../s1. The fourth-order valence-corrected chi connectivity index (χ4v) is 4.76. The number of nitrogens with two attached hydrogens (primary N) is 1. The lowest BCUT2D eigenvalue weighted by Crippen LogP contribution is -2.24. The average molecular weight is 390 g/mol. The van der Waals surface area contributed by atoms with Crippen LogP contribution in [0.15, 0.2) is 24.5 Å². The molecule has 0 saturated heterocycles. The summed E-state index contributed by atoms with van der Waals surface area (Å²) in [6, 6.07) is 5.07. The summed E-state index contributed by atoms with van der Waals surface area (Å²) >= 11 is 1.90. The van der Waals surface area contributed by atoms with Crippen molar-refractivity contribution >= 4 is 36.2 Å². The normalized spacial score (nSPS) is 20.5. The maximum atomic E-state index is 5.89. The van der Waals surface area contributed by atoms with Crippen molar-refractivity contribution in [2.24, 2.45) is 17.6 Å². The molecule has 3 nitrogen and oxygen atoms in total. The van der Waals surface area contributed by atoms with E-state index in [2.05, 4.69) is 41.7 Å². The highest BCUT2D eigenvalue weighted by Crippen LogP contribution is 2.36. The lowest BCUT2D eigenvalue weighted by Gasteiger charge is -2.30. The SMILES string of the molecule is CC(C)Cc1ccc(-c2nccn2[C@@H]2CCC[C@H](CN)C2)s1.Cl.Cl. The van der Waals surface area contributed by atoms with Gasteiger partial charge in [-0.25, -0.2) is 4.98 Å². The van der Waals surface area contributed by atoms with E-state index in [0.717, 1.165) is 18.8 Å². The van der Waals surface area contributed by atoms with E-state index in [9.17, 15) is 0 Å². The Balaban J connectivity index is 0.00000144. The van der Waals surface area contributed by atoms with Gasteiger partial charge in [-0.1, -0.05) is 20.3 Å². The number of hydrogen-bond acceptors (Lipinski definition) is 3. The van der Waals surface area contributed by atoms with Crippen LogP contribution in [0.25, 0.3) is 10.7 Å². The minimum atomic E-state index is 0. The van der Waals surface area contributed by atoms with Gasteiger partial charge in [0, 0.05) is 23.3 Å². The van der Waals surface area contributed by atoms with Crippen molar-refractivity contribution in [2.75, 3.05) is 6.54 Å². The smallest absolute Gasteiger partial charge is 0.150 e. The summed E-state index contributed by atoms with van der Waals surface area (Å²) in [5, 5.41) is 0. The van der Waals surface area contributed by atoms with Crippen LogP contribution in [-0.2, 0) is 6.42 Å². The Bertz CT molecular complexity index is 609. The Morgan fingerprint density at radius 2 is 2.08 bits per heavy atom. The van der Waals surface area contributed by atoms with Gasteiger partial charge in [0.2, 0.25) is 0 Å². The monoisotopic (exact) mass is 389 g/mol. The molecule has 1 fully saturated rings. The summed E-state index contributed by atoms with van der Waals surface area (Å²) in [5.74, 6) is 2.52. The van der Waals surface area contributed by atoms with Crippen LogP contribution < -0.4 is 5.73 Å². The van der Waals surface area contributed by atoms with E-state index in [0.29, 0.717) is 17.9 Å². The van der Waals surface area contributed by atoms with Crippen molar-refractivity contribution in [1.82, 2.24) is 9.55 Å². The Hall–Kier alpha value is -0.550. The van der Waals surface area contributed by atoms with Crippen LogP contribution in [0.5, 0.6) is 0 Å². The third-order valence-electron chi connectivity index (χ3n) is 4.64. The number of thiophene rings is 1.